The van der Waals surface area contributed by atoms with E-state index in [9.17, 15) is 0 Å². The lowest BCUT2D eigenvalue weighted by atomic mass is 10.3. The zero-order valence-corrected chi connectivity index (χ0v) is 7.09. The van der Waals surface area contributed by atoms with Crippen molar-refractivity contribution in [3.63, 3.8) is 0 Å². The van der Waals surface area contributed by atoms with Crippen molar-refractivity contribution in [3.05, 3.63) is 29.9 Å². The van der Waals surface area contributed by atoms with Gasteiger partial charge in [-0.05, 0) is 26.0 Å². The van der Waals surface area contributed by atoms with Gasteiger partial charge < -0.3 is 9.40 Å². The number of rotatable bonds is 1. The van der Waals surface area contributed by atoms with Crippen LogP contribution < -0.4 is 0 Å². The van der Waals surface area contributed by atoms with Crippen molar-refractivity contribution in [3.8, 4) is 11.5 Å². The first-order valence-corrected chi connectivity index (χ1v) is 3.84. The Morgan fingerprint density at radius 2 is 2.25 bits per heavy atom. The standard InChI is InChI=1S/C9H10N2O/c1-6-9(11-7(2)10-6)8-4-3-5-12-8/h3-5H,1-2H3,(H,10,11). The summed E-state index contributed by atoms with van der Waals surface area (Å²) in [6.45, 7) is 3.91. The normalized spacial score (nSPS) is 10.5. The third kappa shape index (κ3) is 1.03. The van der Waals surface area contributed by atoms with E-state index in [4.69, 9.17) is 4.42 Å². The van der Waals surface area contributed by atoms with E-state index in [1.807, 2.05) is 26.0 Å². The zero-order chi connectivity index (χ0) is 8.55. The molecule has 12 heavy (non-hydrogen) atoms. The number of H-pyrrole nitrogens is 1. The molecule has 0 fully saturated rings. The highest BCUT2D eigenvalue weighted by Crippen LogP contribution is 2.20. The SMILES string of the molecule is Cc1nc(-c2ccco2)c(C)[nH]1. The third-order valence-corrected chi connectivity index (χ3v) is 1.76. The molecule has 0 amide bonds. The summed E-state index contributed by atoms with van der Waals surface area (Å²) >= 11 is 0. The van der Waals surface area contributed by atoms with Crippen molar-refractivity contribution in [1.29, 1.82) is 0 Å². The van der Waals surface area contributed by atoms with Crippen LogP contribution in [0.2, 0.25) is 0 Å². The number of nitrogens with one attached hydrogen (secondary N) is 1. The first-order chi connectivity index (χ1) is 5.77. The zero-order valence-electron chi connectivity index (χ0n) is 7.09. The maximum absolute atomic E-state index is 5.23. The fraction of sp³-hybridized carbons (Fsp3) is 0.222. The second-order valence-corrected chi connectivity index (χ2v) is 2.77. The fourth-order valence-corrected chi connectivity index (χ4v) is 1.26. The summed E-state index contributed by atoms with van der Waals surface area (Å²) in [5, 5.41) is 0. The highest BCUT2D eigenvalue weighted by molar-refractivity contribution is 5.54. The van der Waals surface area contributed by atoms with Gasteiger partial charge in [0.05, 0.1) is 6.26 Å². The summed E-state index contributed by atoms with van der Waals surface area (Å²) in [6.07, 6.45) is 1.65. The smallest absolute Gasteiger partial charge is 0.154 e. The summed E-state index contributed by atoms with van der Waals surface area (Å²) in [6, 6.07) is 3.77. The van der Waals surface area contributed by atoms with Gasteiger partial charge in [-0.15, -0.1) is 0 Å². The molecule has 2 heterocycles. The second kappa shape index (κ2) is 2.52. The van der Waals surface area contributed by atoms with Crippen LogP contribution in [0.15, 0.2) is 22.8 Å². The predicted molar refractivity (Wildman–Crippen MR) is 45.8 cm³/mol. The largest absolute Gasteiger partial charge is 0.463 e. The number of hydrogen-bond acceptors (Lipinski definition) is 2. The number of imidazole rings is 1. The summed E-state index contributed by atoms with van der Waals surface area (Å²) in [7, 11) is 0. The Labute approximate surface area is 70.4 Å². The average Bonchev–Trinajstić information content (AvgIpc) is 2.58. The number of aromatic amines is 1. The number of hydrogen-bond donors (Lipinski definition) is 1. The van der Waals surface area contributed by atoms with E-state index in [0.29, 0.717) is 0 Å². The van der Waals surface area contributed by atoms with Gasteiger partial charge in [0, 0.05) is 5.69 Å². The maximum atomic E-state index is 5.23. The minimum absolute atomic E-state index is 0.817. The van der Waals surface area contributed by atoms with Crippen LogP contribution in [0.25, 0.3) is 11.5 Å². The summed E-state index contributed by atoms with van der Waals surface area (Å²) < 4.78 is 5.23. The minimum atomic E-state index is 0.817. The van der Waals surface area contributed by atoms with E-state index in [0.717, 1.165) is 23.0 Å². The lowest BCUT2D eigenvalue weighted by molar-refractivity contribution is 0.580. The Hall–Kier alpha value is -1.51. The van der Waals surface area contributed by atoms with E-state index >= 15 is 0 Å². The average molecular weight is 162 g/mol. The number of aryl methyl sites for hydroxylation is 2. The molecule has 0 spiro atoms. The van der Waals surface area contributed by atoms with Gasteiger partial charge >= 0.3 is 0 Å². The molecule has 0 aliphatic rings. The quantitative estimate of drug-likeness (QED) is 0.699. The van der Waals surface area contributed by atoms with Gasteiger partial charge in [-0.1, -0.05) is 0 Å². The van der Waals surface area contributed by atoms with Crippen molar-refractivity contribution >= 4 is 0 Å². The molecular weight excluding hydrogens is 152 g/mol. The third-order valence-electron chi connectivity index (χ3n) is 1.76. The monoisotopic (exact) mass is 162 g/mol. The highest BCUT2D eigenvalue weighted by Gasteiger charge is 2.07. The van der Waals surface area contributed by atoms with E-state index in [-0.39, 0.29) is 0 Å². The van der Waals surface area contributed by atoms with Crippen LogP contribution in [0.1, 0.15) is 11.5 Å². The maximum Gasteiger partial charge on any atom is 0.154 e. The van der Waals surface area contributed by atoms with E-state index < -0.39 is 0 Å². The Balaban J connectivity index is 2.54. The molecule has 3 heteroatoms. The second-order valence-electron chi connectivity index (χ2n) is 2.77. The number of nitrogens with zero attached hydrogens (tertiary/aromatic N) is 1. The topological polar surface area (TPSA) is 41.8 Å². The van der Waals surface area contributed by atoms with Crippen LogP contribution in [-0.4, -0.2) is 9.97 Å². The minimum Gasteiger partial charge on any atom is -0.463 e. The first-order valence-electron chi connectivity index (χ1n) is 3.84. The predicted octanol–water partition coefficient (Wildman–Crippen LogP) is 2.29. The molecule has 2 rings (SSSR count). The molecule has 0 atom stereocenters. The molecule has 0 saturated heterocycles. The van der Waals surface area contributed by atoms with Crippen molar-refractivity contribution < 1.29 is 4.42 Å². The van der Waals surface area contributed by atoms with Gasteiger partial charge in [-0.3, -0.25) is 0 Å². The van der Waals surface area contributed by atoms with Crippen LogP contribution >= 0.6 is 0 Å². The Morgan fingerprint density at radius 1 is 1.42 bits per heavy atom. The van der Waals surface area contributed by atoms with Crippen LogP contribution in [0, 0.1) is 13.8 Å². The molecular formula is C9H10N2O. The molecule has 0 radical (unpaired) electrons. The fourth-order valence-electron chi connectivity index (χ4n) is 1.26. The molecule has 0 unspecified atom stereocenters. The lowest BCUT2D eigenvalue weighted by Gasteiger charge is -1.89. The van der Waals surface area contributed by atoms with Crippen molar-refractivity contribution in [2.45, 2.75) is 13.8 Å². The van der Waals surface area contributed by atoms with E-state index in [2.05, 4.69) is 9.97 Å². The van der Waals surface area contributed by atoms with Gasteiger partial charge in [-0.2, -0.15) is 0 Å². The van der Waals surface area contributed by atoms with Crippen LogP contribution in [0.3, 0.4) is 0 Å². The molecule has 1 N–H and O–H groups in total. The van der Waals surface area contributed by atoms with Crippen molar-refractivity contribution in [2.24, 2.45) is 0 Å². The lowest BCUT2D eigenvalue weighted by Crippen LogP contribution is -1.76. The van der Waals surface area contributed by atoms with Gasteiger partial charge in [-0.25, -0.2) is 4.98 Å². The first kappa shape index (κ1) is 7.16. The molecule has 3 nitrogen and oxygen atoms in total. The summed E-state index contributed by atoms with van der Waals surface area (Å²) in [5.41, 5.74) is 1.94. The van der Waals surface area contributed by atoms with Gasteiger partial charge in [0.2, 0.25) is 0 Å². The number of furan rings is 1. The van der Waals surface area contributed by atoms with E-state index in [1.54, 1.807) is 6.26 Å². The molecule has 2 aromatic heterocycles. The molecule has 0 aliphatic heterocycles. The van der Waals surface area contributed by atoms with Gasteiger partial charge in [0.1, 0.15) is 11.5 Å². The van der Waals surface area contributed by atoms with Crippen molar-refractivity contribution in [1.82, 2.24) is 9.97 Å². The molecule has 62 valence electrons. The number of aromatic nitrogens is 2. The Bertz CT molecular complexity index is 373. The van der Waals surface area contributed by atoms with E-state index in [1.165, 1.54) is 0 Å². The highest BCUT2D eigenvalue weighted by atomic mass is 16.3. The van der Waals surface area contributed by atoms with Gasteiger partial charge in [0.15, 0.2) is 5.76 Å². The van der Waals surface area contributed by atoms with Crippen molar-refractivity contribution in [2.75, 3.05) is 0 Å². The Morgan fingerprint density at radius 3 is 2.75 bits per heavy atom. The molecule has 0 bridgehead atoms. The van der Waals surface area contributed by atoms with Crippen LogP contribution in [-0.2, 0) is 0 Å². The Kier molecular flexibility index (Phi) is 1.50. The molecule has 0 aromatic carbocycles. The molecule has 2 aromatic rings. The molecule has 0 aliphatic carbocycles. The molecule has 0 saturated carbocycles. The summed E-state index contributed by atoms with van der Waals surface area (Å²) in [4.78, 5) is 7.43. The van der Waals surface area contributed by atoms with Gasteiger partial charge in [0.25, 0.3) is 0 Å². The van der Waals surface area contributed by atoms with Crippen LogP contribution in [0.5, 0.6) is 0 Å². The van der Waals surface area contributed by atoms with Crippen LogP contribution in [0.4, 0.5) is 0 Å². The summed E-state index contributed by atoms with van der Waals surface area (Å²) in [5.74, 6) is 1.73.